The van der Waals surface area contributed by atoms with Crippen molar-refractivity contribution in [2.75, 3.05) is 44.3 Å². The van der Waals surface area contributed by atoms with E-state index >= 15 is 0 Å². The number of halogens is 2. The van der Waals surface area contributed by atoms with Crippen molar-refractivity contribution in [2.45, 2.75) is 13.0 Å². The summed E-state index contributed by atoms with van der Waals surface area (Å²) in [6.45, 7) is 4.26. The summed E-state index contributed by atoms with van der Waals surface area (Å²) >= 11 is 1.10. The second-order valence-electron chi connectivity index (χ2n) is 7.82. The Labute approximate surface area is 192 Å². The highest BCUT2D eigenvalue weighted by Gasteiger charge is 2.23. The summed E-state index contributed by atoms with van der Waals surface area (Å²) in [5, 5.41) is 8.55. The van der Waals surface area contributed by atoms with E-state index in [1.165, 1.54) is 6.07 Å². The van der Waals surface area contributed by atoms with E-state index in [9.17, 15) is 13.6 Å². The molecule has 0 bridgehead atoms. The quantitative estimate of drug-likeness (QED) is 0.412. The first-order valence-corrected chi connectivity index (χ1v) is 11.5. The van der Waals surface area contributed by atoms with Crippen LogP contribution in [0.5, 0.6) is 0 Å². The van der Waals surface area contributed by atoms with Crippen LogP contribution in [0.2, 0.25) is 0 Å². The molecule has 4 aromatic rings. The van der Waals surface area contributed by atoms with Gasteiger partial charge >= 0.3 is 0 Å². The minimum atomic E-state index is -0.740. The van der Waals surface area contributed by atoms with Crippen molar-refractivity contribution in [3.63, 3.8) is 0 Å². The smallest absolute Gasteiger partial charge is 0.250 e. The van der Waals surface area contributed by atoms with E-state index in [4.69, 9.17) is 4.74 Å². The number of thiazole rings is 1. The van der Waals surface area contributed by atoms with Gasteiger partial charge < -0.3 is 4.74 Å². The van der Waals surface area contributed by atoms with Gasteiger partial charge in [-0.2, -0.15) is 0 Å². The Hall–Kier alpha value is -3.02. The summed E-state index contributed by atoms with van der Waals surface area (Å²) in [4.78, 5) is 21.5. The number of amides is 1. The number of para-hydroxylation sites is 1. The molecule has 1 fully saturated rings. The van der Waals surface area contributed by atoms with E-state index in [0.717, 1.165) is 42.6 Å². The van der Waals surface area contributed by atoms with Gasteiger partial charge in [-0.05, 0) is 24.6 Å². The van der Waals surface area contributed by atoms with Crippen LogP contribution in [-0.4, -0.2) is 70.2 Å². The third-order valence-corrected chi connectivity index (χ3v) is 6.62. The topological polar surface area (TPSA) is 76.4 Å². The maximum absolute atomic E-state index is 14.3. The van der Waals surface area contributed by atoms with Crippen molar-refractivity contribution in [3.05, 3.63) is 48.0 Å². The van der Waals surface area contributed by atoms with Crippen molar-refractivity contribution in [2.24, 2.45) is 0 Å². The molecule has 1 amide bonds. The Morgan fingerprint density at radius 2 is 2.00 bits per heavy atom. The molecule has 33 heavy (non-hydrogen) atoms. The Morgan fingerprint density at radius 3 is 2.85 bits per heavy atom. The molecule has 5 rings (SSSR count). The molecular weight excluding hydrogens is 450 g/mol. The number of hydrogen-bond acceptors (Lipinski definition) is 7. The SMILES string of the molecule is O=C(Cn1nnc2ccccc21)N(CCCN1CCOCC1)c1nc2c(F)cc(F)cc2s1. The van der Waals surface area contributed by atoms with Crippen LogP contribution in [0.4, 0.5) is 13.9 Å². The van der Waals surface area contributed by atoms with Crippen LogP contribution in [0.1, 0.15) is 6.42 Å². The molecule has 1 saturated heterocycles. The van der Waals surface area contributed by atoms with Crippen LogP contribution < -0.4 is 4.90 Å². The molecule has 2 aromatic heterocycles. The monoisotopic (exact) mass is 472 g/mol. The molecule has 0 spiro atoms. The van der Waals surface area contributed by atoms with Crippen LogP contribution in [-0.2, 0) is 16.1 Å². The van der Waals surface area contributed by atoms with E-state index in [0.29, 0.717) is 41.5 Å². The van der Waals surface area contributed by atoms with Crippen LogP contribution >= 0.6 is 11.3 Å². The van der Waals surface area contributed by atoms with Gasteiger partial charge in [0.2, 0.25) is 0 Å². The van der Waals surface area contributed by atoms with Crippen molar-refractivity contribution in [1.29, 1.82) is 0 Å². The van der Waals surface area contributed by atoms with Gasteiger partial charge in [-0.1, -0.05) is 28.7 Å². The summed E-state index contributed by atoms with van der Waals surface area (Å²) in [6.07, 6.45) is 0.705. The lowest BCUT2D eigenvalue weighted by molar-refractivity contribution is -0.119. The summed E-state index contributed by atoms with van der Waals surface area (Å²) in [6, 6.07) is 9.43. The van der Waals surface area contributed by atoms with Crippen molar-refractivity contribution in [1.82, 2.24) is 24.9 Å². The zero-order valence-corrected chi connectivity index (χ0v) is 18.6. The molecule has 1 aliphatic rings. The van der Waals surface area contributed by atoms with E-state index in [1.54, 1.807) is 9.58 Å². The normalized spacial score (nSPS) is 14.8. The summed E-state index contributed by atoms with van der Waals surface area (Å²) < 4.78 is 35.2. The van der Waals surface area contributed by atoms with E-state index < -0.39 is 11.6 Å². The minimum Gasteiger partial charge on any atom is -0.379 e. The Kier molecular flexibility index (Phi) is 6.25. The van der Waals surface area contributed by atoms with Crippen molar-refractivity contribution >= 4 is 43.6 Å². The molecule has 11 heteroatoms. The van der Waals surface area contributed by atoms with Gasteiger partial charge in [0.25, 0.3) is 5.91 Å². The minimum absolute atomic E-state index is 0.0369. The average molecular weight is 473 g/mol. The average Bonchev–Trinajstić information content (AvgIpc) is 3.42. The summed E-state index contributed by atoms with van der Waals surface area (Å²) in [7, 11) is 0. The van der Waals surface area contributed by atoms with Crippen LogP contribution in [0, 0.1) is 11.6 Å². The molecule has 0 unspecified atom stereocenters. The van der Waals surface area contributed by atoms with Gasteiger partial charge in [-0.25, -0.2) is 18.4 Å². The number of nitrogens with zero attached hydrogens (tertiary/aromatic N) is 6. The maximum atomic E-state index is 14.3. The number of morpholine rings is 1. The first-order valence-electron chi connectivity index (χ1n) is 10.7. The fourth-order valence-electron chi connectivity index (χ4n) is 3.91. The van der Waals surface area contributed by atoms with Crippen LogP contribution in [0.3, 0.4) is 0 Å². The number of ether oxygens (including phenoxy) is 1. The third-order valence-electron chi connectivity index (χ3n) is 5.60. The second-order valence-corrected chi connectivity index (χ2v) is 8.83. The summed E-state index contributed by atoms with van der Waals surface area (Å²) in [5.41, 5.74) is 1.51. The molecule has 3 heterocycles. The number of carbonyl (C=O) groups is 1. The predicted molar refractivity (Wildman–Crippen MR) is 121 cm³/mol. The molecule has 8 nitrogen and oxygen atoms in total. The van der Waals surface area contributed by atoms with Gasteiger partial charge in [-0.15, -0.1) is 5.10 Å². The first kappa shape index (κ1) is 21.8. The molecule has 0 N–H and O–H groups in total. The highest BCUT2D eigenvalue weighted by Crippen LogP contribution is 2.31. The van der Waals surface area contributed by atoms with Crippen molar-refractivity contribution < 1.29 is 18.3 Å². The third kappa shape index (κ3) is 4.70. The number of hydrogen-bond donors (Lipinski definition) is 0. The number of aromatic nitrogens is 4. The van der Waals surface area contributed by atoms with E-state index in [1.807, 2.05) is 24.3 Å². The standard InChI is InChI=1S/C22H22F2N6O2S/c23-15-12-16(24)21-19(13-15)33-22(25-21)29(7-3-6-28-8-10-32-11-9-28)20(31)14-30-18-5-2-1-4-17(18)26-27-30/h1-2,4-5,12-13H,3,6-11,14H2. The molecule has 0 aliphatic carbocycles. The van der Waals surface area contributed by atoms with Gasteiger partial charge in [0.1, 0.15) is 23.4 Å². The first-order chi connectivity index (χ1) is 16.1. The molecule has 1 aliphatic heterocycles. The molecule has 172 valence electrons. The number of carbonyl (C=O) groups excluding carboxylic acids is 1. The van der Waals surface area contributed by atoms with Gasteiger partial charge in [0.15, 0.2) is 10.9 Å². The van der Waals surface area contributed by atoms with Gasteiger partial charge in [0.05, 0.1) is 23.4 Å². The lowest BCUT2D eigenvalue weighted by atomic mass is 10.3. The second kappa shape index (κ2) is 9.46. The number of fused-ring (bicyclic) bond motifs is 2. The Morgan fingerprint density at radius 1 is 1.18 bits per heavy atom. The molecular formula is C22H22F2N6O2S. The van der Waals surface area contributed by atoms with E-state index in [2.05, 4.69) is 20.2 Å². The highest BCUT2D eigenvalue weighted by atomic mass is 32.1. The molecule has 2 aromatic carbocycles. The lowest BCUT2D eigenvalue weighted by Gasteiger charge is -2.27. The van der Waals surface area contributed by atoms with Gasteiger partial charge in [0, 0.05) is 32.2 Å². The fourth-order valence-corrected chi connectivity index (χ4v) is 4.96. The predicted octanol–water partition coefficient (Wildman–Crippen LogP) is 3.07. The highest BCUT2D eigenvalue weighted by molar-refractivity contribution is 7.22. The Balaban J connectivity index is 1.40. The number of rotatable bonds is 7. The number of benzene rings is 2. The van der Waals surface area contributed by atoms with Crippen LogP contribution in [0.25, 0.3) is 21.3 Å². The number of anilines is 1. The fraction of sp³-hybridized carbons (Fsp3) is 0.364. The van der Waals surface area contributed by atoms with Crippen LogP contribution in [0.15, 0.2) is 36.4 Å². The molecule has 0 atom stereocenters. The van der Waals surface area contributed by atoms with Gasteiger partial charge in [-0.3, -0.25) is 14.6 Å². The Bertz CT molecular complexity index is 1290. The zero-order chi connectivity index (χ0) is 22.8. The zero-order valence-electron chi connectivity index (χ0n) is 17.8. The largest absolute Gasteiger partial charge is 0.379 e. The lowest BCUT2D eigenvalue weighted by Crippen LogP contribution is -2.40. The molecule has 0 saturated carbocycles. The summed E-state index contributed by atoms with van der Waals surface area (Å²) in [5.74, 6) is -1.66. The van der Waals surface area contributed by atoms with E-state index in [-0.39, 0.29) is 18.0 Å². The maximum Gasteiger partial charge on any atom is 0.250 e. The van der Waals surface area contributed by atoms with Crippen molar-refractivity contribution in [3.8, 4) is 0 Å². The molecule has 0 radical (unpaired) electrons.